The summed E-state index contributed by atoms with van der Waals surface area (Å²) in [5.41, 5.74) is 1.35. The van der Waals surface area contributed by atoms with E-state index in [1.807, 2.05) is 0 Å². The SMILES string of the molecule is O=Cc1ccncc1OCc1ccc(C(=O)Cl)cn1. The van der Waals surface area contributed by atoms with Crippen molar-refractivity contribution in [2.24, 2.45) is 0 Å². The Bertz CT molecular complexity index is 599. The van der Waals surface area contributed by atoms with Crippen LogP contribution >= 0.6 is 11.6 Å². The third-order valence-corrected chi connectivity index (χ3v) is 2.59. The molecule has 2 heterocycles. The van der Waals surface area contributed by atoms with Crippen molar-refractivity contribution >= 4 is 23.1 Å². The average Bonchev–Trinajstić information content (AvgIpc) is 2.45. The molecule has 0 amide bonds. The van der Waals surface area contributed by atoms with E-state index < -0.39 is 5.24 Å². The molecule has 0 N–H and O–H groups in total. The molecule has 2 aromatic heterocycles. The third-order valence-electron chi connectivity index (χ3n) is 2.37. The highest BCUT2D eigenvalue weighted by molar-refractivity contribution is 6.67. The van der Waals surface area contributed by atoms with Gasteiger partial charge in [-0.25, -0.2) is 0 Å². The van der Waals surface area contributed by atoms with Crippen LogP contribution in [0.4, 0.5) is 0 Å². The fourth-order valence-corrected chi connectivity index (χ4v) is 1.50. The van der Waals surface area contributed by atoms with Gasteiger partial charge in [0.25, 0.3) is 5.24 Å². The summed E-state index contributed by atoms with van der Waals surface area (Å²) in [6, 6.07) is 4.75. The number of aromatic nitrogens is 2. The second-order valence-electron chi connectivity index (χ2n) is 3.63. The predicted molar refractivity (Wildman–Crippen MR) is 68.4 cm³/mol. The largest absolute Gasteiger partial charge is 0.485 e. The number of carbonyl (C=O) groups is 2. The summed E-state index contributed by atoms with van der Waals surface area (Å²) >= 11 is 5.31. The molecule has 96 valence electrons. The van der Waals surface area contributed by atoms with Gasteiger partial charge in [-0.3, -0.25) is 19.6 Å². The number of hydrogen-bond donors (Lipinski definition) is 0. The fraction of sp³-hybridized carbons (Fsp3) is 0.0769. The average molecular weight is 277 g/mol. The zero-order valence-electron chi connectivity index (χ0n) is 9.75. The molecule has 0 atom stereocenters. The van der Waals surface area contributed by atoms with Crippen LogP contribution in [0.15, 0.2) is 36.8 Å². The van der Waals surface area contributed by atoms with E-state index in [9.17, 15) is 9.59 Å². The number of ether oxygens (including phenoxy) is 1. The Balaban J connectivity index is 2.06. The van der Waals surface area contributed by atoms with Gasteiger partial charge in [-0.1, -0.05) is 0 Å². The molecule has 6 heteroatoms. The number of aldehydes is 1. The van der Waals surface area contributed by atoms with E-state index in [0.29, 0.717) is 28.9 Å². The zero-order chi connectivity index (χ0) is 13.7. The molecule has 2 rings (SSSR count). The van der Waals surface area contributed by atoms with Crippen LogP contribution in [0.2, 0.25) is 0 Å². The summed E-state index contributed by atoms with van der Waals surface area (Å²) in [5, 5.41) is -0.560. The molecule has 0 saturated carbocycles. The van der Waals surface area contributed by atoms with Gasteiger partial charge in [0.2, 0.25) is 0 Å². The maximum atomic E-state index is 10.9. The van der Waals surface area contributed by atoms with Crippen molar-refractivity contribution in [3.63, 3.8) is 0 Å². The van der Waals surface area contributed by atoms with Crippen LogP contribution in [0.25, 0.3) is 0 Å². The molecule has 0 spiro atoms. The van der Waals surface area contributed by atoms with E-state index in [0.717, 1.165) is 0 Å². The smallest absolute Gasteiger partial charge is 0.253 e. The van der Waals surface area contributed by atoms with E-state index in [1.54, 1.807) is 18.2 Å². The second-order valence-corrected chi connectivity index (χ2v) is 3.98. The highest BCUT2D eigenvalue weighted by Crippen LogP contribution is 2.15. The summed E-state index contributed by atoms with van der Waals surface area (Å²) in [7, 11) is 0. The molecule has 19 heavy (non-hydrogen) atoms. The van der Waals surface area contributed by atoms with Crippen LogP contribution in [-0.4, -0.2) is 21.5 Å². The minimum atomic E-state index is -0.560. The molecule has 0 aromatic carbocycles. The lowest BCUT2D eigenvalue weighted by Crippen LogP contribution is -2.01. The minimum absolute atomic E-state index is 0.170. The van der Waals surface area contributed by atoms with Crippen molar-refractivity contribution in [3.05, 3.63) is 53.6 Å². The van der Waals surface area contributed by atoms with Gasteiger partial charge >= 0.3 is 0 Å². The van der Waals surface area contributed by atoms with Crippen LogP contribution in [0, 0.1) is 0 Å². The Hall–Kier alpha value is -2.27. The standard InChI is InChI=1S/C13H9ClN2O3/c14-13(18)9-1-2-11(16-5-9)8-19-12-6-15-4-3-10(12)7-17/h1-7H,8H2. The van der Waals surface area contributed by atoms with Crippen LogP contribution in [-0.2, 0) is 6.61 Å². The highest BCUT2D eigenvalue weighted by atomic mass is 35.5. The summed E-state index contributed by atoms with van der Waals surface area (Å²) in [6.07, 6.45) is 5.04. The lowest BCUT2D eigenvalue weighted by Gasteiger charge is -2.07. The first-order valence-electron chi connectivity index (χ1n) is 5.37. The van der Waals surface area contributed by atoms with Gasteiger partial charge in [-0.2, -0.15) is 0 Å². The van der Waals surface area contributed by atoms with Crippen molar-refractivity contribution in [2.75, 3.05) is 0 Å². The summed E-state index contributed by atoms with van der Waals surface area (Å²) in [4.78, 5) is 29.6. The van der Waals surface area contributed by atoms with Crippen molar-refractivity contribution in [1.82, 2.24) is 9.97 Å². The van der Waals surface area contributed by atoms with Gasteiger partial charge in [-0.15, -0.1) is 0 Å². The van der Waals surface area contributed by atoms with E-state index in [-0.39, 0.29) is 6.61 Å². The Morgan fingerprint density at radius 1 is 1.32 bits per heavy atom. The molecule has 0 aliphatic rings. The second kappa shape index (κ2) is 6.06. The molecule has 0 unspecified atom stereocenters. The monoisotopic (exact) mass is 276 g/mol. The van der Waals surface area contributed by atoms with Crippen molar-refractivity contribution < 1.29 is 14.3 Å². The van der Waals surface area contributed by atoms with E-state index >= 15 is 0 Å². The number of hydrogen-bond acceptors (Lipinski definition) is 5. The topological polar surface area (TPSA) is 69.2 Å². The van der Waals surface area contributed by atoms with E-state index in [1.165, 1.54) is 18.6 Å². The number of carbonyl (C=O) groups excluding carboxylic acids is 2. The molecule has 0 radical (unpaired) electrons. The van der Waals surface area contributed by atoms with E-state index in [4.69, 9.17) is 16.3 Å². The summed E-state index contributed by atoms with van der Waals surface area (Å²) in [6.45, 7) is 0.170. The highest BCUT2D eigenvalue weighted by Gasteiger charge is 2.05. The molecule has 5 nitrogen and oxygen atoms in total. The number of halogens is 1. The van der Waals surface area contributed by atoms with Crippen LogP contribution in [0.1, 0.15) is 26.4 Å². The van der Waals surface area contributed by atoms with Gasteiger partial charge in [0.15, 0.2) is 6.29 Å². The first-order valence-corrected chi connectivity index (χ1v) is 5.75. The molecule has 0 bridgehead atoms. The maximum absolute atomic E-state index is 10.9. The van der Waals surface area contributed by atoms with Gasteiger partial charge < -0.3 is 4.74 Å². The maximum Gasteiger partial charge on any atom is 0.253 e. The van der Waals surface area contributed by atoms with Crippen LogP contribution in [0.3, 0.4) is 0 Å². The van der Waals surface area contributed by atoms with Crippen LogP contribution < -0.4 is 4.74 Å². The van der Waals surface area contributed by atoms with Crippen molar-refractivity contribution in [1.29, 1.82) is 0 Å². The normalized spacial score (nSPS) is 9.95. The molecular weight excluding hydrogens is 268 g/mol. The Kier molecular flexibility index (Phi) is 4.20. The fourth-order valence-electron chi connectivity index (χ4n) is 1.39. The van der Waals surface area contributed by atoms with Gasteiger partial charge in [0.05, 0.1) is 23.0 Å². The molecule has 0 aliphatic carbocycles. The number of rotatable bonds is 5. The zero-order valence-corrected chi connectivity index (χ0v) is 10.5. The van der Waals surface area contributed by atoms with Gasteiger partial charge in [0.1, 0.15) is 12.4 Å². The molecule has 0 fully saturated rings. The molecular formula is C13H9ClN2O3. The summed E-state index contributed by atoms with van der Waals surface area (Å²) < 4.78 is 5.44. The minimum Gasteiger partial charge on any atom is -0.485 e. The van der Waals surface area contributed by atoms with Crippen molar-refractivity contribution in [3.8, 4) is 5.75 Å². The van der Waals surface area contributed by atoms with Gasteiger partial charge in [-0.05, 0) is 29.8 Å². The lowest BCUT2D eigenvalue weighted by atomic mass is 10.2. The Labute approximate surface area is 114 Å². The molecule has 2 aromatic rings. The first kappa shape index (κ1) is 13.2. The summed E-state index contributed by atoms with van der Waals surface area (Å²) in [5.74, 6) is 0.386. The molecule has 0 saturated heterocycles. The first-order chi connectivity index (χ1) is 9.20. The van der Waals surface area contributed by atoms with Gasteiger partial charge in [0, 0.05) is 12.4 Å². The quantitative estimate of drug-likeness (QED) is 0.619. The lowest BCUT2D eigenvalue weighted by molar-refractivity contribution is 0.107. The van der Waals surface area contributed by atoms with Crippen molar-refractivity contribution in [2.45, 2.75) is 6.61 Å². The molecule has 0 aliphatic heterocycles. The third kappa shape index (κ3) is 3.35. The number of pyridine rings is 2. The Morgan fingerprint density at radius 3 is 2.79 bits per heavy atom. The van der Waals surface area contributed by atoms with E-state index in [2.05, 4.69) is 9.97 Å². The predicted octanol–water partition coefficient (Wildman–Crippen LogP) is 2.25. The van der Waals surface area contributed by atoms with Crippen LogP contribution in [0.5, 0.6) is 5.75 Å². The Morgan fingerprint density at radius 2 is 2.16 bits per heavy atom. The number of nitrogens with zero attached hydrogens (tertiary/aromatic N) is 2.